The van der Waals surface area contributed by atoms with E-state index in [1.54, 1.807) is 0 Å². The molecule has 2 N–H and O–H groups in total. The molecule has 0 aromatic heterocycles. The Bertz CT molecular complexity index is 1170. The summed E-state index contributed by atoms with van der Waals surface area (Å²) < 4.78 is 88.3. The average molecular weight is 386 g/mol. The quantitative estimate of drug-likeness (QED) is 0.782. The largest absolute Gasteiger partial charge is 0.385 e. The minimum atomic E-state index is -3.01. The Balaban J connectivity index is 2.54. The second-order valence-electron chi connectivity index (χ2n) is 6.49. The molecule has 1 aliphatic rings. The van der Waals surface area contributed by atoms with E-state index in [1.165, 1.54) is 6.92 Å². The van der Waals surface area contributed by atoms with E-state index in [4.69, 9.17) is 15.1 Å². The number of benzene rings is 1. The molecule has 1 aromatic carbocycles. The molecule has 6 nitrogen and oxygen atoms in total. The van der Waals surface area contributed by atoms with Crippen molar-refractivity contribution in [3.05, 3.63) is 35.3 Å². The zero-order valence-electron chi connectivity index (χ0n) is 26.6. The van der Waals surface area contributed by atoms with Gasteiger partial charge in [0.25, 0.3) is 0 Å². The van der Waals surface area contributed by atoms with Crippen LogP contribution in [0.25, 0.3) is 0 Å². The highest BCUT2D eigenvalue weighted by Crippen LogP contribution is 2.27. The molecule has 27 heavy (non-hydrogen) atoms. The maximum Gasteiger partial charge on any atom is 0.249 e. The van der Waals surface area contributed by atoms with Gasteiger partial charge >= 0.3 is 0 Å². The van der Waals surface area contributed by atoms with Crippen molar-refractivity contribution in [1.29, 1.82) is 0 Å². The Labute approximate surface area is 176 Å². The number of carbonyl (C=O) groups is 3. The van der Waals surface area contributed by atoms with Crippen LogP contribution in [-0.4, -0.2) is 46.8 Å². The Hall–Kier alpha value is -2.21. The fourth-order valence-corrected chi connectivity index (χ4v) is 2.55. The van der Waals surface area contributed by atoms with Crippen molar-refractivity contribution in [2.24, 2.45) is 11.8 Å². The van der Waals surface area contributed by atoms with Gasteiger partial charge in [0.1, 0.15) is 12.1 Å². The van der Waals surface area contributed by atoms with Gasteiger partial charge in [-0.1, -0.05) is 44.9 Å². The number of nitrogens with zero attached hydrogens (tertiary/aromatic N) is 1. The number of rotatable bonds is 6. The molecule has 0 radical (unpaired) electrons. The molecule has 0 fully saturated rings. The highest BCUT2D eigenvalue weighted by molar-refractivity contribution is 5.93. The van der Waals surface area contributed by atoms with Crippen molar-refractivity contribution in [1.82, 2.24) is 10.2 Å². The Morgan fingerprint density at radius 1 is 1.52 bits per heavy atom. The highest BCUT2D eigenvalue weighted by atomic mass is 16.3. The summed E-state index contributed by atoms with van der Waals surface area (Å²) in [7, 11) is 1.09. The van der Waals surface area contributed by atoms with Crippen molar-refractivity contribution >= 4 is 17.6 Å². The van der Waals surface area contributed by atoms with Crippen LogP contribution >= 0.6 is 0 Å². The number of likely N-dealkylation sites (N-methyl/N-ethyl adjacent to an activating group) is 1. The van der Waals surface area contributed by atoms with E-state index in [0.29, 0.717) is 4.90 Å². The molecule has 0 bridgehead atoms. The lowest BCUT2D eigenvalue weighted by Gasteiger charge is -2.26. The van der Waals surface area contributed by atoms with Gasteiger partial charge in [-0.05, 0) is 30.3 Å². The Kier molecular flexibility index (Phi) is 3.32. The first-order valence-electron chi connectivity index (χ1n) is 13.8. The third kappa shape index (κ3) is 4.75. The molecule has 6 heteroatoms. The molecule has 1 aromatic rings. The van der Waals surface area contributed by atoms with Crippen LogP contribution in [0.2, 0.25) is 0 Å². The van der Waals surface area contributed by atoms with Gasteiger partial charge in [-0.3, -0.25) is 14.4 Å². The van der Waals surface area contributed by atoms with Crippen LogP contribution in [0, 0.1) is 11.8 Å². The van der Waals surface area contributed by atoms with Crippen LogP contribution in [-0.2, 0) is 20.8 Å². The number of fused-ring (bicyclic) bond motifs is 1. The monoisotopic (exact) mass is 385 g/mol. The molecule has 0 spiro atoms. The van der Waals surface area contributed by atoms with Crippen LogP contribution in [0.1, 0.15) is 66.3 Å². The molecule has 2 unspecified atom stereocenters. The van der Waals surface area contributed by atoms with Crippen LogP contribution in [0.5, 0.6) is 0 Å². The predicted molar refractivity (Wildman–Crippen MR) is 103 cm³/mol. The molecule has 1 aliphatic heterocycles. The van der Waals surface area contributed by atoms with Gasteiger partial charge in [0.05, 0.1) is 6.85 Å². The first-order valence-corrected chi connectivity index (χ1v) is 8.34. The standard InChI is InChI=1S/C21H30N2O4/c1-12(2)19(25)17(24)10-13(3)20(26)22-18-16-9-7-6-8-15(16)11-14(4)23(5)21(18)27/h6-9,12-14,18-19,25H,10-11H2,1-5H3,(H,22,26)/t13-,14?,18+,19+/m1/s1/i1D3,6D,7D,8D,9D,11D2,12D,14D/t12?,13-,14?,18+,19+. The number of aliphatic hydroxyl groups excluding tert-OH is 1. The minimum absolute atomic E-state index is 0.568. The van der Waals surface area contributed by atoms with Gasteiger partial charge in [0.2, 0.25) is 11.8 Å². The summed E-state index contributed by atoms with van der Waals surface area (Å²) in [5.74, 6) is -7.05. The number of hydrogen-bond donors (Lipinski definition) is 2. The number of Topliss-reactive ketones (excluding diaryl/α,β-unsaturated/α-hetero) is 1. The smallest absolute Gasteiger partial charge is 0.249 e. The first kappa shape index (κ1) is 10.4. The van der Waals surface area contributed by atoms with Crippen molar-refractivity contribution in [3.63, 3.8) is 0 Å². The fraction of sp³-hybridized carbons (Fsp3) is 0.571. The highest BCUT2D eigenvalue weighted by Gasteiger charge is 2.34. The molecular formula is C21H30N2O4. The number of nitrogens with one attached hydrogen (secondary N) is 1. The Morgan fingerprint density at radius 2 is 2.19 bits per heavy atom. The number of hydrogen-bond acceptors (Lipinski definition) is 4. The summed E-state index contributed by atoms with van der Waals surface area (Å²) in [6.45, 7) is 0.102. The Morgan fingerprint density at radius 3 is 2.85 bits per heavy atom. The van der Waals surface area contributed by atoms with Gasteiger partial charge in [0, 0.05) is 33.6 Å². The summed E-state index contributed by atoms with van der Waals surface area (Å²) >= 11 is 0. The fourth-order valence-electron chi connectivity index (χ4n) is 2.55. The molecule has 0 aliphatic carbocycles. The lowest BCUT2D eigenvalue weighted by atomic mass is 9.94. The third-order valence-electron chi connectivity index (χ3n) is 4.35. The molecule has 2 amide bonds. The van der Waals surface area contributed by atoms with Gasteiger partial charge in [-0.2, -0.15) is 0 Å². The molecule has 5 atom stereocenters. The lowest BCUT2D eigenvalue weighted by Crippen LogP contribution is -2.44. The SMILES string of the molecule is [2H]c1c([2H])c([2H])c2c(c1[2H])[C@H](NC(=O)[C@H](C)CC(=O)[C@@H](O)C([2H])(C)C([2H])([2H])[2H])C(=O)N(C)C([2H])(C)C2([2H])[2H]. The van der Waals surface area contributed by atoms with Crippen LogP contribution in [0.3, 0.4) is 0 Å². The normalized spacial score (nSPS) is 35.1. The van der Waals surface area contributed by atoms with Crippen molar-refractivity contribution < 1.29 is 34.6 Å². The first-order chi connectivity index (χ1) is 16.9. The van der Waals surface area contributed by atoms with E-state index in [-0.39, 0.29) is 0 Å². The lowest BCUT2D eigenvalue weighted by molar-refractivity contribution is -0.138. The van der Waals surface area contributed by atoms with E-state index in [0.717, 1.165) is 20.9 Å². The molecule has 148 valence electrons. The maximum absolute atomic E-state index is 13.4. The third-order valence-corrected chi connectivity index (χ3v) is 4.35. The van der Waals surface area contributed by atoms with Gasteiger partial charge in [0.15, 0.2) is 5.78 Å². The maximum atomic E-state index is 13.4. The van der Waals surface area contributed by atoms with Crippen LogP contribution < -0.4 is 5.32 Å². The van der Waals surface area contributed by atoms with Crippen molar-refractivity contribution in [2.45, 2.75) is 58.6 Å². The zero-order chi connectivity index (χ0) is 29.9. The molecule has 1 heterocycles. The van der Waals surface area contributed by atoms with Gasteiger partial charge in [-0.25, -0.2) is 0 Å². The summed E-state index contributed by atoms with van der Waals surface area (Å²) in [5.41, 5.74) is -1.24. The minimum Gasteiger partial charge on any atom is -0.385 e. The number of carbonyl (C=O) groups excluding carboxylic acids is 3. The van der Waals surface area contributed by atoms with E-state index in [2.05, 4.69) is 5.32 Å². The number of aliphatic hydroxyl groups is 1. The second-order valence-corrected chi connectivity index (χ2v) is 6.49. The molecular weight excluding hydrogens is 344 g/mol. The van der Waals surface area contributed by atoms with Crippen molar-refractivity contribution in [3.8, 4) is 0 Å². The van der Waals surface area contributed by atoms with E-state index >= 15 is 0 Å². The average Bonchev–Trinajstić information content (AvgIpc) is 2.83. The second kappa shape index (κ2) is 8.65. The van der Waals surface area contributed by atoms with Gasteiger partial charge in [-0.15, -0.1) is 0 Å². The number of ketones is 1. The summed E-state index contributed by atoms with van der Waals surface area (Å²) in [5, 5.41) is 12.5. The van der Waals surface area contributed by atoms with E-state index < -0.39 is 103 Å². The van der Waals surface area contributed by atoms with E-state index in [9.17, 15) is 19.5 Å². The summed E-state index contributed by atoms with van der Waals surface area (Å²) in [6, 6.07) is -7.43. The summed E-state index contributed by atoms with van der Waals surface area (Å²) in [6.07, 6.45) is -5.81. The van der Waals surface area contributed by atoms with E-state index in [1.807, 2.05) is 0 Å². The van der Waals surface area contributed by atoms with Crippen LogP contribution in [0.4, 0.5) is 0 Å². The topological polar surface area (TPSA) is 86.7 Å². The molecule has 0 saturated carbocycles. The summed E-state index contributed by atoms with van der Waals surface area (Å²) in [4.78, 5) is 39.6. The zero-order valence-corrected chi connectivity index (χ0v) is 15.6. The molecule has 2 rings (SSSR count). The van der Waals surface area contributed by atoms with Crippen molar-refractivity contribution in [2.75, 3.05) is 7.05 Å². The van der Waals surface area contributed by atoms with Gasteiger partial charge < -0.3 is 15.3 Å². The predicted octanol–water partition coefficient (Wildman–Crippen LogP) is 1.86. The van der Waals surface area contributed by atoms with Crippen LogP contribution in [0.15, 0.2) is 24.2 Å². The number of amides is 2. The molecule has 0 saturated heterocycles.